The van der Waals surface area contributed by atoms with Gasteiger partial charge < -0.3 is 10.6 Å². The van der Waals surface area contributed by atoms with Crippen LogP contribution >= 0.6 is 0 Å². The molecule has 2 aromatic rings. The Bertz CT molecular complexity index is 694. The fourth-order valence-corrected chi connectivity index (χ4v) is 2.37. The molecule has 2 N–H and O–H groups in total. The van der Waals surface area contributed by atoms with Gasteiger partial charge >= 0.3 is 11.8 Å². The maximum atomic E-state index is 12.1. The molecule has 0 atom stereocenters. The van der Waals surface area contributed by atoms with Gasteiger partial charge in [-0.2, -0.15) is 0 Å². The van der Waals surface area contributed by atoms with Crippen molar-refractivity contribution in [2.24, 2.45) is 0 Å². The van der Waals surface area contributed by atoms with Gasteiger partial charge in [0.05, 0.1) is 0 Å². The average Bonchev–Trinajstić information content (AvgIpc) is 2.55. The lowest BCUT2D eigenvalue weighted by atomic mass is 9.98. The molecule has 2 amide bonds. The second-order valence-electron chi connectivity index (χ2n) is 5.82. The first-order chi connectivity index (χ1) is 11.0. The molecule has 23 heavy (non-hydrogen) atoms. The van der Waals surface area contributed by atoms with E-state index in [2.05, 4.69) is 24.5 Å². The van der Waals surface area contributed by atoms with Crippen molar-refractivity contribution in [3.63, 3.8) is 0 Å². The zero-order chi connectivity index (χ0) is 16.8. The van der Waals surface area contributed by atoms with Crippen LogP contribution in [0.2, 0.25) is 0 Å². The van der Waals surface area contributed by atoms with E-state index in [0.717, 1.165) is 22.4 Å². The van der Waals surface area contributed by atoms with Crippen molar-refractivity contribution in [1.29, 1.82) is 0 Å². The summed E-state index contributed by atoms with van der Waals surface area (Å²) in [4.78, 5) is 24.1. The minimum Gasteiger partial charge on any atom is -0.344 e. The molecular weight excluding hydrogens is 288 g/mol. The first-order valence-electron chi connectivity index (χ1n) is 7.71. The number of anilines is 1. The van der Waals surface area contributed by atoms with Crippen molar-refractivity contribution in [1.82, 2.24) is 5.32 Å². The van der Waals surface area contributed by atoms with Gasteiger partial charge in [0.1, 0.15) is 0 Å². The van der Waals surface area contributed by atoms with Crippen molar-refractivity contribution in [3.05, 3.63) is 65.2 Å². The summed E-state index contributed by atoms with van der Waals surface area (Å²) in [6.07, 6.45) is 0. The van der Waals surface area contributed by atoms with E-state index in [4.69, 9.17) is 0 Å². The fraction of sp³-hybridized carbons (Fsp3) is 0.263. The molecule has 0 bridgehead atoms. The molecular formula is C19H22N2O2. The molecule has 0 saturated carbocycles. The molecule has 0 saturated heterocycles. The summed E-state index contributed by atoms with van der Waals surface area (Å²) in [6.45, 7) is 6.36. The number of carbonyl (C=O) groups is 2. The minimum atomic E-state index is -0.642. The molecule has 120 valence electrons. The average molecular weight is 310 g/mol. The number of nitrogens with one attached hydrogen (secondary N) is 2. The van der Waals surface area contributed by atoms with Crippen molar-refractivity contribution >= 4 is 17.5 Å². The van der Waals surface area contributed by atoms with E-state index in [9.17, 15) is 9.59 Å². The molecule has 0 aliphatic heterocycles. The predicted octanol–water partition coefficient (Wildman–Crippen LogP) is 3.37. The molecule has 4 nitrogen and oxygen atoms in total. The highest BCUT2D eigenvalue weighted by molar-refractivity contribution is 6.39. The van der Waals surface area contributed by atoms with Gasteiger partial charge in [0.25, 0.3) is 0 Å². The van der Waals surface area contributed by atoms with Gasteiger partial charge in [-0.05, 0) is 29.5 Å². The van der Waals surface area contributed by atoms with E-state index >= 15 is 0 Å². The lowest BCUT2D eigenvalue weighted by molar-refractivity contribution is -0.136. The molecule has 4 heteroatoms. The van der Waals surface area contributed by atoms with Crippen LogP contribution in [-0.4, -0.2) is 11.8 Å². The maximum Gasteiger partial charge on any atom is 0.313 e. The SMILES string of the molecule is Cc1cccc(C(C)C)c1NC(=O)C(=O)NCc1ccccc1. The largest absolute Gasteiger partial charge is 0.344 e. The second-order valence-corrected chi connectivity index (χ2v) is 5.82. The molecule has 0 aliphatic carbocycles. The van der Waals surface area contributed by atoms with Crippen molar-refractivity contribution in [3.8, 4) is 0 Å². The molecule has 2 aromatic carbocycles. The lowest BCUT2D eigenvalue weighted by Crippen LogP contribution is -2.35. The van der Waals surface area contributed by atoms with Gasteiger partial charge in [-0.1, -0.05) is 62.4 Å². The van der Waals surface area contributed by atoms with E-state index in [-0.39, 0.29) is 5.92 Å². The van der Waals surface area contributed by atoms with Gasteiger partial charge in [-0.15, -0.1) is 0 Å². The van der Waals surface area contributed by atoms with E-state index in [1.54, 1.807) is 0 Å². The Hall–Kier alpha value is -2.62. The Labute approximate surface area is 136 Å². The molecule has 0 aliphatic rings. The highest BCUT2D eigenvalue weighted by Crippen LogP contribution is 2.27. The summed E-state index contributed by atoms with van der Waals surface area (Å²) in [5.74, 6) is -1.01. The van der Waals surface area contributed by atoms with Crippen LogP contribution in [0.15, 0.2) is 48.5 Å². The summed E-state index contributed by atoms with van der Waals surface area (Å²) in [5.41, 5.74) is 3.64. The first kappa shape index (κ1) is 16.7. The number of aryl methyl sites for hydroxylation is 1. The topological polar surface area (TPSA) is 58.2 Å². The number of rotatable bonds is 4. The zero-order valence-corrected chi connectivity index (χ0v) is 13.7. The third kappa shape index (κ3) is 4.42. The smallest absolute Gasteiger partial charge is 0.313 e. The van der Waals surface area contributed by atoms with Gasteiger partial charge in [0, 0.05) is 12.2 Å². The number of carbonyl (C=O) groups excluding carboxylic acids is 2. The maximum absolute atomic E-state index is 12.1. The molecule has 2 rings (SSSR count). The van der Waals surface area contributed by atoms with Crippen molar-refractivity contribution in [2.45, 2.75) is 33.2 Å². The van der Waals surface area contributed by atoms with Crippen LogP contribution in [0.3, 0.4) is 0 Å². The van der Waals surface area contributed by atoms with Gasteiger partial charge in [0.15, 0.2) is 0 Å². The standard InChI is InChI=1S/C19H22N2O2/c1-13(2)16-11-7-8-14(3)17(16)21-19(23)18(22)20-12-15-9-5-4-6-10-15/h4-11,13H,12H2,1-3H3,(H,20,22)(H,21,23). The molecule has 0 heterocycles. The van der Waals surface area contributed by atoms with Crippen LogP contribution in [0.4, 0.5) is 5.69 Å². The number of benzene rings is 2. The molecule has 0 radical (unpaired) electrons. The number of hydrogen-bond donors (Lipinski definition) is 2. The Morgan fingerprint density at radius 3 is 2.30 bits per heavy atom. The number of amides is 2. The van der Waals surface area contributed by atoms with Crippen LogP contribution in [-0.2, 0) is 16.1 Å². The van der Waals surface area contributed by atoms with Crippen molar-refractivity contribution < 1.29 is 9.59 Å². The Kier molecular flexibility index (Phi) is 5.52. The molecule has 0 spiro atoms. The monoisotopic (exact) mass is 310 g/mol. The normalized spacial score (nSPS) is 10.4. The van der Waals surface area contributed by atoms with E-state index in [1.807, 2.05) is 55.5 Å². The van der Waals surface area contributed by atoms with Crippen LogP contribution in [0.5, 0.6) is 0 Å². The third-order valence-corrected chi connectivity index (χ3v) is 3.67. The summed E-state index contributed by atoms with van der Waals surface area (Å²) < 4.78 is 0. The van der Waals surface area contributed by atoms with Gasteiger partial charge in [-0.25, -0.2) is 0 Å². The quantitative estimate of drug-likeness (QED) is 0.851. The van der Waals surface area contributed by atoms with E-state index in [1.165, 1.54) is 0 Å². The first-order valence-corrected chi connectivity index (χ1v) is 7.71. The molecule has 0 aromatic heterocycles. The van der Waals surface area contributed by atoms with E-state index in [0.29, 0.717) is 6.54 Å². The van der Waals surface area contributed by atoms with Crippen LogP contribution in [0.1, 0.15) is 36.5 Å². The third-order valence-electron chi connectivity index (χ3n) is 3.67. The van der Waals surface area contributed by atoms with Gasteiger partial charge in [-0.3, -0.25) is 9.59 Å². The van der Waals surface area contributed by atoms with Gasteiger partial charge in [0.2, 0.25) is 0 Å². The molecule has 0 fully saturated rings. The fourth-order valence-electron chi connectivity index (χ4n) is 2.37. The van der Waals surface area contributed by atoms with E-state index < -0.39 is 11.8 Å². The minimum absolute atomic E-state index is 0.262. The van der Waals surface area contributed by atoms with Crippen LogP contribution < -0.4 is 10.6 Å². The summed E-state index contributed by atoms with van der Waals surface area (Å²) in [7, 11) is 0. The zero-order valence-electron chi connectivity index (χ0n) is 13.7. The summed E-state index contributed by atoms with van der Waals surface area (Å²) in [6, 6.07) is 15.3. The van der Waals surface area contributed by atoms with Crippen molar-refractivity contribution in [2.75, 3.05) is 5.32 Å². The molecule has 0 unspecified atom stereocenters. The summed E-state index contributed by atoms with van der Waals surface area (Å²) >= 11 is 0. The Balaban J connectivity index is 2.03. The predicted molar refractivity (Wildman–Crippen MR) is 92.2 cm³/mol. The number of para-hydroxylation sites is 1. The number of hydrogen-bond acceptors (Lipinski definition) is 2. The Morgan fingerprint density at radius 2 is 1.65 bits per heavy atom. The second kappa shape index (κ2) is 7.58. The summed E-state index contributed by atoms with van der Waals surface area (Å²) in [5, 5.41) is 5.38. The Morgan fingerprint density at radius 1 is 0.957 bits per heavy atom. The lowest BCUT2D eigenvalue weighted by Gasteiger charge is -2.16. The van der Waals surface area contributed by atoms with Crippen LogP contribution in [0, 0.1) is 6.92 Å². The van der Waals surface area contributed by atoms with Crippen LogP contribution in [0.25, 0.3) is 0 Å². The highest BCUT2D eigenvalue weighted by atomic mass is 16.2. The highest BCUT2D eigenvalue weighted by Gasteiger charge is 2.17.